The second-order valence-corrected chi connectivity index (χ2v) is 5.08. The Kier molecular flexibility index (Phi) is 5.44. The third-order valence-electron chi connectivity index (χ3n) is 3.34. The number of urea groups is 1. The molecule has 21 heavy (non-hydrogen) atoms. The maximum Gasteiger partial charge on any atom is 0.325 e. The van der Waals surface area contributed by atoms with Crippen LogP contribution in [0.2, 0.25) is 0 Å². The van der Waals surface area contributed by atoms with E-state index in [1.54, 1.807) is 11.8 Å². The Morgan fingerprint density at radius 2 is 2.00 bits per heavy atom. The highest BCUT2D eigenvalue weighted by Gasteiger charge is 2.28. The van der Waals surface area contributed by atoms with Gasteiger partial charge < -0.3 is 9.64 Å². The van der Waals surface area contributed by atoms with E-state index >= 15 is 0 Å². The zero-order valence-corrected chi connectivity index (χ0v) is 12.8. The third kappa shape index (κ3) is 3.88. The first-order valence-electron chi connectivity index (χ1n) is 7.02. The summed E-state index contributed by atoms with van der Waals surface area (Å²) in [6.07, 6.45) is 0.822. The Hall–Kier alpha value is -1.75. The van der Waals surface area contributed by atoms with Gasteiger partial charge in [-0.25, -0.2) is 4.79 Å². The van der Waals surface area contributed by atoms with Gasteiger partial charge in [0, 0.05) is 24.7 Å². The molecule has 6 heteroatoms. The van der Waals surface area contributed by atoms with Crippen molar-refractivity contribution in [3.05, 3.63) is 29.8 Å². The molecule has 1 fully saturated rings. The van der Waals surface area contributed by atoms with Gasteiger partial charge in [0.05, 0.1) is 6.61 Å². The highest BCUT2D eigenvalue weighted by Crippen LogP contribution is 2.21. The van der Waals surface area contributed by atoms with Crippen LogP contribution in [0.1, 0.15) is 18.9 Å². The molecule has 0 spiro atoms. The number of esters is 1. The Morgan fingerprint density at radius 1 is 1.29 bits per heavy atom. The summed E-state index contributed by atoms with van der Waals surface area (Å²) in [5, 5.41) is 0. The van der Waals surface area contributed by atoms with Gasteiger partial charge in [-0.1, -0.05) is 12.1 Å². The minimum atomic E-state index is -0.370. The Labute approximate surface area is 129 Å². The first kappa shape index (κ1) is 15.6. The number of rotatable bonds is 5. The number of benzene rings is 1. The summed E-state index contributed by atoms with van der Waals surface area (Å²) in [6.45, 7) is 3.31. The van der Waals surface area contributed by atoms with Gasteiger partial charge >= 0.3 is 12.0 Å². The summed E-state index contributed by atoms with van der Waals surface area (Å²) in [4.78, 5) is 27.2. The molecule has 1 heterocycles. The monoisotopic (exact) mass is 310 g/mol. The molecular formula is C15H19ClN2O3. The van der Waals surface area contributed by atoms with Crippen LogP contribution in [0.4, 0.5) is 10.5 Å². The van der Waals surface area contributed by atoms with Crippen molar-refractivity contribution in [2.24, 2.45) is 0 Å². The first-order chi connectivity index (χ1) is 10.2. The number of hydrogen-bond acceptors (Lipinski definition) is 3. The number of carbonyl (C=O) groups excluding carboxylic acids is 2. The van der Waals surface area contributed by atoms with Crippen molar-refractivity contribution in [2.45, 2.75) is 19.2 Å². The molecule has 0 aromatic heterocycles. The second-order valence-electron chi connectivity index (χ2n) is 4.81. The summed E-state index contributed by atoms with van der Waals surface area (Å²) >= 11 is 5.76. The lowest BCUT2D eigenvalue weighted by Crippen LogP contribution is -2.51. The van der Waals surface area contributed by atoms with E-state index in [-0.39, 0.29) is 18.5 Å². The molecule has 2 amide bonds. The molecule has 0 unspecified atom stereocenters. The van der Waals surface area contributed by atoms with Gasteiger partial charge in [-0.15, -0.1) is 11.6 Å². The second kappa shape index (κ2) is 7.31. The molecule has 0 aliphatic carbocycles. The summed E-state index contributed by atoms with van der Waals surface area (Å²) in [5.41, 5.74) is 1.83. The fraction of sp³-hybridized carbons (Fsp3) is 0.467. The predicted octanol–water partition coefficient (Wildman–Crippen LogP) is 2.62. The molecule has 1 aliphatic rings. The van der Waals surface area contributed by atoms with Crippen molar-refractivity contribution in [3.63, 3.8) is 0 Å². The fourth-order valence-corrected chi connectivity index (χ4v) is 2.47. The van der Waals surface area contributed by atoms with E-state index in [0.717, 1.165) is 17.7 Å². The van der Waals surface area contributed by atoms with Crippen molar-refractivity contribution >= 4 is 29.3 Å². The summed E-state index contributed by atoms with van der Waals surface area (Å²) in [6, 6.07) is 7.40. The zero-order valence-electron chi connectivity index (χ0n) is 12.0. The molecule has 1 aromatic carbocycles. The van der Waals surface area contributed by atoms with Crippen LogP contribution in [0.3, 0.4) is 0 Å². The van der Waals surface area contributed by atoms with E-state index in [9.17, 15) is 9.59 Å². The van der Waals surface area contributed by atoms with E-state index in [1.165, 1.54) is 4.90 Å². The standard InChI is InChI=1S/C15H19ClN2O3/c1-2-21-14(19)11-17-8-3-9-18(15(17)20)13-6-4-12(10-16)5-7-13/h4-7H,2-3,8-11H2,1H3. The predicted molar refractivity (Wildman–Crippen MR) is 81.6 cm³/mol. The Morgan fingerprint density at radius 3 is 2.62 bits per heavy atom. The van der Waals surface area contributed by atoms with Crippen LogP contribution in [0.5, 0.6) is 0 Å². The number of halogens is 1. The molecule has 0 saturated carbocycles. The molecule has 0 bridgehead atoms. The number of nitrogens with zero attached hydrogens (tertiary/aromatic N) is 2. The molecule has 1 aliphatic heterocycles. The summed E-state index contributed by atoms with van der Waals surface area (Å²) in [5.74, 6) is 0.0774. The number of carbonyl (C=O) groups is 2. The highest BCUT2D eigenvalue weighted by atomic mass is 35.5. The van der Waals surface area contributed by atoms with E-state index in [1.807, 2.05) is 24.3 Å². The lowest BCUT2D eigenvalue weighted by atomic mass is 10.2. The third-order valence-corrected chi connectivity index (χ3v) is 3.65. The summed E-state index contributed by atoms with van der Waals surface area (Å²) < 4.78 is 4.90. The first-order valence-corrected chi connectivity index (χ1v) is 7.56. The van der Waals surface area contributed by atoms with Crippen LogP contribution in [-0.2, 0) is 15.4 Å². The van der Waals surface area contributed by atoms with Crippen LogP contribution in [0.25, 0.3) is 0 Å². The van der Waals surface area contributed by atoms with Crippen LogP contribution in [0, 0.1) is 0 Å². The number of hydrogen-bond donors (Lipinski definition) is 0. The molecular weight excluding hydrogens is 292 g/mol. The van der Waals surface area contributed by atoms with Gasteiger partial charge in [0.2, 0.25) is 0 Å². The van der Waals surface area contributed by atoms with E-state index < -0.39 is 0 Å². The SMILES string of the molecule is CCOC(=O)CN1CCCN(c2ccc(CCl)cc2)C1=O. The maximum atomic E-state index is 12.4. The van der Waals surface area contributed by atoms with Crippen molar-refractivity contribution < 1.29 is 14.3 Å². The number of ether oxygens (including phenoxy) is 1. The quantitative estimate of drug-likeness (QED) is 0.620. The Bertz CT molecular complexity index is 504. The number of anilines is 1. The van der Waals surface area contributed by atoms with Crippen LogP contribution in [0.15, 0.2) is 24.3 Å². The van der Waals surface area contributed by atoms with Crippen molar-refractivity contribution in [1.29, 1.82) is 0 Å². The molecule has 5 nitrogen and oxygen atoms in total. The van der Waals surface area contributed by atoms with Crippen molar-refractivity contribution in [3.8, 4) is 0 Å². The highest BCUT2D eigenvalue weighted by molar-refractivity contribution is 6.17. The molecule has 0 N–H and O–H groups in total. The smallest absolute Gasteiger partial charge is 0.325 e. The minimum Gasteiger partial charge on any atom is -0.465 e. The fourth-order valence-electron chi connectivity index (χ4n) is 2.30. The topological polar surface area (TPSA) is 49.9 Å². The normalized spacial score (nSPS) is 15.2. The van der Waals surface area contributed by atoms with Gasteiger partial charge in [-0.05, 0) is 31.0 Å². The lowest BCUT2D eigenvalue weighted by molar-refractivity contribution is -0.143. The van der Waals surface area contributed by atoms with E-state index in [2.05, 4.69) is 0 Å². The van der Waals surface area contributed by atoms with Gasteiger partial charge in [0.15, 0.2) is 0 Å². The van der Waals surface area contributed by atoms with Gasteiger partial charge in [0.25, 0.3) is 0 Å². The molecule has 0 atom stereocenters. The Balaban J connectivity index is 2.06. The lowest BCUT2D eigenvalue weighted by Gasteiger charge is -2.35. The number of amides is 2. The number of alkyl halides is 1. The van der Waals surface area contributed by atoms with Crippen LogP contribution in [-0.4, -0.2) is 43.1 Å². The van der Waals surface area contributed by atoms with Gasteiger partial charge in [-0.2, -0.15) is 0 Å². The van der Waals surface area contributed by atoms with Crippen LogP contribution < -0.4 is 4.90 Å². The minimum absolute atomic E-state index is 0.00291. The maximum absolute atomic E-state index is 12.4. The molecule has 1 saturated heterocycles. The molecule has 2 rings (SSSR count). The molecule has 1 aromatic rings. The molecule has 114 valence electrons. The van der Waals surface area contributed by atoms with Crippen molar-refractivity contribution in [2.75, 3.05) is 31.1 Å². The zero-order chi connectivity index (χ0) is 15.2. The van der Waals surface area contributed by atoms with Crippen molar-refractivity contribution in [1.82, 2.24) is 4.90 Å². The van der Waals surface area contributed by atoms with Gasteiger partial charge in [0.1, 0.15) is 6.54 Å². The van der Waals surface area contributed by atoms with E-state index in [4.69, 9.17) is 16.3 Å². The molecule has 0 radical (unpaired) electrons. The summed E-state index contributed by atoms with van der Waals surface area (Å²) in [7, 11) is 0. The largest absolute Gasteiger partial charge is 0.465 e. The average Bonchev–Trinajstić information content (AvgIpc) is 2.50. The van der Waals surface area contributed by atoms with E-state index in [0.29, 0.717) is 25.6 Å². The van der Waals surface area contributed by atoms with Crippen LogP contribution >= 0.6 is 11.6 Å². The van der Waals surface area contributed by atoms with Gasteiger partial charge in [-0.3, -0.25) is 9.69 Å². The average molecular weight is 311 g/mol.